The van der Waals surface area contributed by atoms with E-state index in [0.29, 0.717) is 5.56 Å². The van der Waals surface area contributed by atoms with Gasteiger partial charge in [-0.15, -0.1) is 0 Å². The second-order valence-corrected chi connectivity index (χ2v) is 4.77. The SMILES string of the molecule is CC(=O)Cc1cc2cc(Br)ccc2cc1O. The third-order valence-corrected chi connectivity index (χ3v) is 2.93. The van der Waals surface area contributed by atoms with E-state index >= 15 is 0 Å². The van der Waals surface area contributed by atoms with E-state index in [2.05, 4.69) is 15.9 Å². The van der Waals surface area contributed by atoms with Crippen molar-refractivity contribution in [3.05, 3.63) is 40.4 Å². The highest BCUT2D eigenvalue weighted by Gasteiger charge is 2.06. The van der Waals surface area contributed by atoms with Gasteiger partial charge in [-0.1, -0.05) is 22.0 Å². The van der Waals surface area contributed by atoms with Crippen molar-refractivity contribution in [1.82, 2.24) is 0 Å². The van der Waals surface area contributed by atoms with Gasteiger partial charge in [-0.05, 0) is 42.0 Å². The molecule has 1 N–H and O–H groups in total. The number of phenolic OH excluding ortho intramolecular Hbond substituents is 1. The van der Waals surface area contributed by atoms with Crippen LogP contribution in [-0.4, -0.2) is 10.9 Å². The Morgan fingerprint density at radius 2 is 2.00 bits per heavy atom. The number of rotatable bonds is 2. The standard InChI is InChI=1S/C13H11BrO2/c1-8(15)4-11-5-10-6-12(14)3-2-9(10)7-13(11)16/h2-3,5-7,16H,4H2,1H3. The van der Waals surface area contributed by atoms with Crippen LogP contribution in [0.1, 0.15) is 12.5 Å². The summed E-state index contributed by atoms with van der Waals surface area (Å²) in [7, 11) is 0. The minimum absolute atomic E-state index is 0.0460. The van der Waals surface area contributed by atoms with Gasteiger partial charge in [0.15, 0.2) is 0 Å². The second kappa shape index (κ2) is 4.26. The molecule has 0 unspecified atom stereocenters. The highest BCUT2D eigenvalue weighted by Crippen LogP contribution is 2.27. The molecular formula is C13H11BrO2. The van der Waals surface area contributed by atoms with Gasteiger partial charge in [-0.2, -0.15) is 0 Å². The highest BCUT2D eigenvalue weighted by molar-refractivity contribution is 9.10. The molecule has 2 nitrogen and oxygen atoms in total. The van der Waals surface area contributed by atoms with E-state index in [0.717, 1.165) is 15.2 Å². The van der Waals surface area contributed by atoms with E-state index in [-0.39, 0.29) is 18.0 Å². The smallest absolute Gasteiger partial charge is 0.134 e. The van der Waals surface area contributed by atoms with Gasteiger partial charge >= 0.3 is 0 Å². The third kappa shape index (κ3) is 2.25. The minimum atomic E-state index is 0.0460. The maximum Gasteiger partial charge on any atom is 0.134 e. The summed E-state index contributed by atoms with van der Waals surface area (Å²) in [6, 6.07) is 9.37. The summed E-state index contributed by atoms with van der Waals surface area (Å²) in [4.78, 5) is 11.0. The Kier molecular flexibility index (Phi) is 2.97. The van der Waals surface area contributed by atoms with Crippen LogP contribution in [0.3, 0.4) is 0 Å². The molecule has 2 aromatic carbocycles. The first-order valence-electron chi connectivity index (χ1n) is 4.97. The monoisotopic (exact) mass is 278 g/mol. The number of hydrogen-bond donors (Lipinski definition) is 1. The van der Waals surface area contributed by atoms with Crippen LogP contribution < -0.4 is 0 Å². The van der Waals surface area contributed by atoms with E-state index in [1.165, 1.54) is 6.92 Å². The van der Waals surface area contributed by atoms with Gasteiger partial charge < -0.3 is 5.11 Å². The number of aromatic hydroxyl groups is 1. The lowest BCUT2D eigenvalue weighted by Crippen LogP contribution is -1.96. The molecule has 2 rings (SSSR count). The average Bonchev–Trinajstić information content (AvgIpc) is 2.19. The van der Waals surface area contributed by atoms with E-state index in [9.17, 15) is 9.90 Å². The lowest BCUT2D eigenvalue weighted by atomic mass is 10.0. The second-order valence-electron chi connectivity index (χ2n) is 3.85. The van der Waals surface area contributed by atoms with Gasteiger partial charge in [0.2, 0.25) is 0 Å². The van der Waals surface area contributed by atoms with Gasteiger partial charge in [0, 0.05) is 16.5 Å². The number of benzene rings is 2. The quantitative estimate of drug-likeness (QED) is 0.914. The molecule has 0 atom stereocenters. The minimum Gasteiger partial charge on any atom is -0.508 e. The Hall–Kier alpha value is -1.35. The van der Waals surface area contributed by atoms with Crippen LogP contribution in [0.25, 0.3) is 10.8 Å². The summed E-state index contributed by atoms with van der Waals surface area (Å²) in [5.41, 5.74) is 0.679. The molecule has 0 aliphatic carbocycles. The first-order valence-corrected chi connectivity index (χ1v) is 5.76. The number of carbonyl (C=O) groups is 1. The maximum atomic E-state index is 11.0. The number of phenols is 1. The molecule has 3 heteroatoms. The predicted molar refractivity (Wildman–Crippen MR) is 67.7 cm³/mol. The molecule has 0 aliphatic rings. The summed E-state index contributed by atoms with van der Waals surface area (Å²) in [6.07, 6.45) is 0.272. The fourth-order valence-electron chi connectivity index (χ4n) is 1.71. The molecular weight excluding hydrogens is 268 g/mol. The fourth-order valence-corrected chi connectivity index (χ4v) is 2.09. The van der Waals surface area contributed by atoms with Crippen molar-refractivity contribution in [2.24, 2.45) is 0 Å². The van der Waals surface area contributed by atoms with Gasteiger partial charge in [0.1, 0.15) is 11.5 Å². The lowest BCUT2D eigenvalue weighted by Gasteiger charge is -2.05. The van der Waals surface area contributed by atoms with E-state index in [4.69, 9.17) is 0 Å². The molecule has 0 bridgehead atoms. The van der Waals surface area contributed by atoms with Gasteiger partial charge in [-0.25, -0.2) is 0 Å². The molecule has 0 spiro atoms. The maximum absolute atomic E-state index is 11.0. The molecule has 16 heavy (non-hydrogen) atoms. The molecule has 0 saturated heterocycles. The molecule has 82 valence electrons. The van der Waals surface area contributed by atoms with Crippen molar-refractivity contribution >= 4 is 32.5 Å². The first-order chi connectivity index (χ1) is 7.56. The van der Waals surface area contributed by atoms with E-state index in [1.807, 2.05) is 24.3 Å². The van der Waals surface area contributed by atoms with Crippen molar-refractivity contribution in [3.8, 4) is 5.75 Å². The molecule has 0 amide bonds. The van der Waals surface area contributed by atoms with E-state index in [1.54, 1.807) is 6.07 Å². The number of hydrogen-bond acceptors (Lipinski definition) is 2. The van der Waals surface area contributed by atoms with Gasteiger partial charge in [-0.3, -0.25) is 4.79 Å². The van der Waals surface area contributed by atoms with Crippen LogP contribution in [0.2, 0.25) is 0 Å². The summed E-state index contributed by atoms with van der Waals surface area (Å²) >= 11 is 3.40. The van der Waals surface area contributed by atoms with Gasteiger partial charge in [0.05, 0.1) is 0 Å². The van der Waals surface area contributed by atoms with Crippen LogP contribution in [0.4, 0.5) is 0 Å². The molecule has 0 aromatic heterocycles. The number of ketones is 1. The van der Waals surface area contributed by atoms with Crippen LogP contribution in [0, 0.1) is 0 Å². The normalized spacial score (nSPS) is 10.6. The zero-order chi connectivity index (χ0) is 11.7. The number of Topliss-reactive ketones (excluding diaryl/α,β-unsaturated/α-hetero) is 1. The number of halogens is 1. The van der Waals surface area contributed by atoms with Crippen LogP contribution in [0.15, 0.2) is 34.8 Å². The Balaban J connectivity index is 2.59. The van der Waals surface area contributed by atoms with Gasteiger partial charge in [0.25, 0.3) is 0 Å². The molecule has 2 aromatic rings. The zero-order valence-corrected chi connectivity index (χ0v) is 10.4. The van der Waals surface area contributed by atoms with Crippen LogP contribution in [-0.2, 0) is 11.2 Å². The topological polar surface area (TPSA) is 37.3 Å². The Labute approximate surface area is 102 Å². The van der Waals surface area contributed by atoms with Crippen molar-refractivity contribution in [2.75, 3.05) is 0 Å². The summed E-state index contributed by atoms with van der Waals surface area (Å²) in [6.45, 7) is 1.52. The van der Waals surface area contributed by atoms with Crippen LogP contribution >= 0.6 is 15.9 Å². The Morgan fingerprint density at radius 1 is 1.25 bits per heavy atom. The Bertz CT molecular complexity index is 561. The molecule has 0 fully saturated rings. The molecule has 0 radical (unpaired) electrons. The van der Waals surface area contributed by atoms with E-state index < -0.39 is 0 Å². The Morgan fingerprint density at radius 3 is 2.69 bits per heavy atom. The lowest BCUT2D eigenvalue weighted by molar-refractivity contribution is -0.116. The molecule has 0 aliphatic heterocycles. The number of fused-ring (bicyclic) bond motifs is 1. The van der Waals surface area contributed by atoms with Crippen LogP contribution in [0.5, 0.6) is 5.75 Å². The van der Waals surface area contributed by atoms with Crippen molar-refractivity contribution in [2.45, 2.75) is 13.3 Å². The summed E-state index contributed by atoms with van der Waals surface area (Å²) in [5, 5.41) is 11.7. The molecule has 0 saturated carbocycles. The summed E-state index contributed by atoms with van der Waals surface area (Å²) in [5.74, 6) is 0.231. The molecule has 0 heterocycles. The highest BCUT2D eigenvalue weighted by atomic mass is 79.9. The first kappa shape index (κ1) is 11.1. The predicted octanol–water partition coefficient (Wildman–Crippen LogP) is 3.44. The largest absolute Gasteiger partial charge is 0.508 e. The summed E-state index contributed by atoms with van der Waals surface area (Å²) < 4.78 is 0.986. The number of carbonyl (C=O) groups excluding carboxylic acids is 1. The third-order valence-electron chi connectivity index (χ3n) is 2.44. The zero-order valence-electron chi connectivity index (χ0n) is 8.83. The van der Waals surface area contributed by atoms with Crippen molar-refractivity contribution in [1.29, 1.82) is 0 Å². The fraction of sp³-hybridized carbons (Fsp3) is 0.154. The average molecular weight is 279 g/mol. The van der Waals surface area contributed by atoms with Crippen molar-refractivity contribution in [3.63, 3.8) is 0 Å². The van der Waals surface area contributed by atoms with Crippen molar-refractivity contribution < 1.29 is 9.90 Å².